The number of likely N-dealkylation sites (tertiary alicyclic amines) is 1. The molecule has 0 spiro atoms. The van der Waals surface area contributed by atoms with E-state index in [1.165, 1.54) is 24.3 Å². The lowest BCUT2D eigenvalue weighted by atomic mass is 9.93. The molecule has 5 nitrogen and oxygen atoms in total. The van der Waals surface area contributed by atoms with Gasteiger partial charge in [0.2, 0.25) is 5.91 Å². The molecule has 24 heavy (non-hydrogen) atoms. The lowest BCUT2D eigenvalue weighted by Crippen LogP contribution is -2.41. The first-order valence-electron chi connectivity index (χ1n) is 7.83. The van der Waals surface area contributed by atoms with Gasteiger partial charge in [-0.2, -0.15) is 0 Å². The summed E-state index contributed by atoms with van der Waals surface area (Å²) in [7, 11) is -1.68. The van der Waals surface area contributed by atoms with Crippen molar-refractivity contribution in [1.82, 2.24) is 10.2 Å². The quantitative estimate of drug-likeness (QED) is 0.803. The predicted molar refractivity (Wildman–Crippen MR) is 98.6 cm³/mol. The number of nitrogens with one attached hydrogen (secondary N) is 1. The lowest BCUT2D eigenvalue weighted by molar-refractivity contribution is -0.129. The molecule has 1 amide bonds. The molecule has 0 aliphatic carbocycles. The topological polar surface area (TPSA) is 66.5 Å². The molecule has 0 bridgehead atoms. The Kier molecular flexibility index (Phi) is 8.50. The van der Waals surface area contributed by atoms with Crippen LogP contribution in [0, 0.1) is 5.92 Å². The molecule has 1 aliphatic heterocycles. The molecule has 1 N–H and O–H groups in total. The van der Waals surface area contributed by atoms with Gasteiger partial charge in [-0.25, -0.2) is 8.42 Å². The molecule has 1 fully saturated rings. The van der Waals surface area contributed by atoms with Crippen LogP contribution in [0.3, 0.4) is 0 Å². The Balaban J connectivity index is 0.00000288. The van der Waals surface area contributed by atoms with Gasteiger partial charge in [-0.3, -0.25) is 4.79 Å². The van der Waals surface area contributed by atoms with E-state index in [1.807, 2.05) is 7.05 Å². The fourth-order valence-corrected chi connectivity index (χ4v) is 4.15. The zero-order valence-corrected chi connectivity index (χ0v) is 16.1. The summed E-state index contributed by atoms with van der Waals surface area (Å²) in [6.45, 7) is 2.26. The standard InChI is InChI=1S/C16H23ClN2O3S.ClH/c1-18-9-6-13-7-10-19(11-8-13)16(20)12-23(21,22)15-4-2-14(17)3-5-15;/h2-5,13,18H,6-12H2,1H3;1H. The van der Waals surface area contributed by atoms with Crippen molar-refractivity contribution in [3.05, 3.63) is 29.3 Å². The van der Waals surface area contributed by atoms with Crippen LogP contribution >= 0.6 is 24.0 Å². The number of piperidine rings is 1. The lowest BCUT2D eigenvalue weighted by Gasteiger charge is -2.32. The summed E-state index contributed by atoms with van der Waals surface area (Å²) < 4.78 is 24.6. The fraction of sp³-hybridized carbons (Fsp3) is 0.562. The minimum absolute atomic E-state index is 0. The molecular formula is C16H24Cl2N2O3S. The van der Waals surface area contributed by atoms with E-state index in [0.29, 0.717) is 24.0 Å². The minimum Gasteiger partial charge on any atom is -0.342 e. The maximum Gasteiger partial charge on any atom is 0.238 e. The number of amides is 1. The number of benzene rings is 1. The van der Waals surface area contributed by atoms with Gasteiger partial charge in [0.05, 0.1) is 4.90 Å². The molecule has 1 heterocycles. The number of rotatable bonds is 6. The summed E-state index contributed by atoms with van der Waals surface area (Å²) in [6, 6.07) is 5.92. The normalized spacial score (nSPS) is 15.8. The Labute approximate surface area is 155 Å². The highest BCUT2D eigenvalue weighted by molar-refractivity contribution is 7.92. The van der Waals surface area contributed by atoms with Crippen molar-refractivity contribution in [2.45, 2.75) is 24.2 Å². The summed E-state index contributed by atoms with van der Waals surface area (Å²) in [6.07, 6.45) is 2.98. The average Bonchev–Trinajstić information content (AvgIpc) is 2.53. The van der Waals surface area contributed by atoms with Gasteiger partial charge in [-0.1, -0.05) is 11.6 Å². The van der Waals surface area contributed by atoms with Gasteiger partial charge >= 0.3 is 0 Å². The fourth-order valence-electron chi connectivity index (χ4n) is 2.80. The minimum atomic E-state index is -3.61. The number of hydrogen-bond acceptors (Lipinski definition) is 4. The first-order valence-corrected chi connectivity index (χ1v) is 9.86. The van der Waals surface area contributed by atoms with E-state index in [-0.39, 0.29) is 23.2 Å². The third-order valence-electron chi connectivity index (χ3n) is 4.26. The molecule has 0 saturated carbocycles. The average molecular weight is 395 g/mol. The Hall–Kier alpha value is -0.820. The number of carbonyl (C=O) groups excluding carboxylic acids is 1. The van der Waals surface area contributed by atoms with Crippen LogP contribution in [0.1, 0.15) is 19.3 Å². The maximum atomic E-state index is 12.3. The van der Waals surface area contributed by atoms with Gasteiger partial charge in [0.1, 0.15) is 5.75 Å². The molecule has 0 unspecified atom stereocenters. The number of hydrogen-bond donors (Lipinski definition) is 1. The van der Waals surface area contributed by atoms with Crippen molar-refractivity contribution in [2.75, 3.05) is 32.4 Å². The monoisotopic (exact) mass is 394 g/mol. The van der Waals surface area contributed by atoms with Gasteiger partial charge in [0.25, 0.3) is 0 Å². The Bertz CT molecular complexity index is 627. The van der Waals surface area contributed by atoms with Crippen molar-refractivity contribution in [2.24, 2.45) is 5.92 Å². The van der Waals surface area contributed by atoms with Crippen LogP contribution in [0.4, 0.5) is 0 Å². The van der Waals surface area contributed by atoms with E-state index in [2.05, 4.69) is 5.32 Å². The zero-order chi connectivity index (χ0) is 16.9. The summed E-state index contributed by atoms with van der Waals surface area (Å²) in [4.78, 5) is 14.1. The molecule has 1 aromatic rings. The van der Waals surface area contributed by atoms with Crippen LogP contribution in [0.2, 0.25) is 5.02 Å². The van der Waals surface area contributed by atoms with Gasteiger partial charge in [-0.15, -0.1) is 12.4 Å². The summed E-state index contributed by atoms with van der Waals surface area (Å²) in [5.74, 6) is -0.179. The molecule has 1 aliphatic rings. The van der Waals surface area contributed by atoms with Gasteiger partial charge in [0.15, 0.2) is 9.84 Å². The largest absolute Gasteiger partial charge is 0.342 e. The van der Waals surface area contributed by atoms with Crippen LogP contribution in [0.25, 0.3) is 0 Å². The number of carbonyl (C=O) groups is 1. The third kappa shape index (κ3) is 5.92. The number of sulfone groups is 1. The van der Waals surface area contributed by atoms with Crippen molar-refractivity contribution < 1.29 is 13.2 Å². The van der Waals surface area contributed by atoms with Crippen LogP contribution < -0.4 is 5.32 Å². The van der Waals surface area contributed by atoms with Crippen LogP contribution in [0.5, 0.6) is 0 Å². The molecule has 2 rings (SSSR count). The molecule has 8 heteroatoms. The maximum absolute atomic E-state index is 12.3. The Morgan fingerprint density at radius 3 is 2.38 bits per heavy atom. The van der Waals surface area contributed by atoms with E-state index in [9.17, 15) is 13.2 Å². The van der Waals surface area contributed by atoms with Crippen LogP contribution in [0.15, 0.2) is 29.2 Å². The number of halogens is 2. The van der Waals surface area contributed by atoms with Crippen LogP contribution in [-0.4, -0.2) is 51.7 Å². The van der Waals surface area contributed by atoms with E-state index < -0.39 is 15.6 Å². The number of nitrogens with zero attached hydrogens (tertiary/aromatic N) is 1. The zero-order valence-electron chi connectivity index (χ0n) is 13.7. The van der Waals surface area contributed by atoms with Gasteiger partial charge in [-0.05, 0) is 63.0 Å². The molecule has 1 saturated heterocycles. The highest BCUT2D eigenvalue weighted by atomic mass is 35.5. The van der Waals surface area contributed by atoms with Crippen molar-refractivity contribution in [1.29, 1.82) is 0 Å². The Morgan fingerprint density at radius 1 is 1.25 bits per heavy atom. The van der Waals surface area contributed by atoms with Crippen LogP contribution in [-0.2, 0) is 14.6 Å². The second-order valence-corrected chi connectivity index (χ2v) is 8.36. The van der Waals surface area contributed by atoms with E-state index in [0.717, 1.165) is 25.8 Å². The SMILES string of the molecule is CNCCC1CCN(C(=O)CS(=O)(=O)c2ccc(Cl)cc2)CC1.Cl. The highest BCUT2D eigenvalue weighted by Crippen LogP contribution is 2.21. The molecule has 0 aromatic heterocycles. The van der Waals surface area contributed by atoms with Crippen molar-refractivity contribution >= 4 is 39.8 Å². The molecule has 1 aromatic carbocycles. The summed E-state index contributed by atoms with van der Waals surface area (Å²) >= 11 is 5.76. The van der Waals surface area contributed by atoms with E-state index in [4.69, 9.17) is 11.6 Å². The van der Waals surface area contributed by atoms with Gasteiger partial charge in [0, 0.05) is 18.1 Å². The highest BCUT2D eigenvalue weighted by Gasteiger charge is 2.27. The van der Waals surface area contributed by atoms with Crippen molar-refractivity contribution in [3.8, 4) is 0 Å². The second-order valence-electron chi connectivity index (χ2n) is 5.93. The van der Waals surface area contributed by atoms with Gasteiger partial charge < -0.3 is 10.2 Å². The Morgan fingerprint density at radius 2 is 1.83 bits per heavy atom. The summed E-state index contributed by atoms with van der Waals surface area (Å²) in [5, 5.41) is 3.60. The van der Waals surface area contributed by atoms with E-state index in [1.54, 1.807) is 4.90 Å². The molecule has 0 atom stereocenters. The molecule has 0 radical (unpaired) electrons. The molecule has 136 valence electrons. The first-order chi connectivity index (χ1) is 10.9. The van der Waals surface area contributed by atoms with Crippen molar-refractivity contribution in [3.63, 3.8) is 0 Å². The molecular weight excluding hydrogens is 371 g/mol. The summed E-state index contributed by atoms with van der Waals surface area (Å²) in [5.41, 5.74) is 0. The predicted octanol–water partition coefficient (Wildman–Crippen LogP) is 2.38. The third-order valence-corrected chi connectivity index (χ3v) is 6.13. The second kappa shape index (κ2) is 9.61. The smallest absolute Gasteiger partial charge is 0.238 e. The first kappa shape index (κ1) is 21.2. The van der Waals surface area contributed by atoms with E-state index >= 15 is 0 Å².